The molecule has 1 fully saturated rings. The summed E-state index contributed by atoms with van der Waals surface area (Å²) in [7, 11) is 0. The Hall–Kier alpha value is -2.89. The molecule has 1 heterocycles. The number of nitrogens with zero attached hydrogens (tertiary/aromatic N) is 1. The minimum Gasteiger partial charge on any atom is -0.492 e. The average Bonchev–Trinajstić information content (AvgIpc) is 2.70. The van der Waals surface area contributed by atoms with Crippen molar-refractivity contribution in [2.45, 2.75) is 45.1 Å². The van der Waals surface area contributed by atoms with Crippen LogP contribution in [-0.2, 0) is 0 Å². The molecule has 1 aliphatic rings. The lowest BCUT2D eigenvalue weighted by Crippen LogP contribution is -2.36. The summed E-state index contributed by atoms with van der Waals surface area (Å²) in [5.41, 5.74) is 1.23. The van der Waals surface area contributed by atoms with Gasteiger partial charge in [0.1, 0.15) is 11.4 Å². The highest BCUT2D eigenvalue weighted by Crippen LogP contribution is 2.24. The molecule has 1 aromatic heterocycles. The molecular weight excluding hydrogens is 342 g/mol. The molecule has 0 atom stereocenters. The highest BCUT2D eigenvalue weighted by Gasteiger charge is 2.18. The lowest BCUT2D eigenvalue weighted by Gasteiger charge is -2.22. The normalized spacial score (nSPS) is 14.4. The van der Waals surface area contributed by atoms with Gasteiger partial charge >= 0.3 is 0 Å². The van der Waals surface area contributed by atoms with Crippen LogP contribution in [0, 0.1) is 0 Å². The smallest absolute Gasteiger partial charge is 0.270 e. The third-order valence-corrected chi connectivity index (χ3v) is 4.63. The number of amides is 2. The van der Waals surface area contributed by atoms with Crippen LogP contribution in [0.4, 0.5) is 5.69 Å². The molecule has 6 heteroatoms. The van der Waals surface area contributed by atoms with Crippen LogP contribution < -0.4 is 15.4 Å². The predicted octanol–water partition coefficient (Wildman–Crippen LogP) is 3.80. The van der Waals surface area contributed by atoms with Crippen LogP contribution in [0.1, 0.15) is 59.9 Å². The maximum atomic E-state index is 12.6. The first-order valence-corrected chi connectivity index (χ1v) is 9.47. The summed E-state index contributed by atoms with van der Waals surface area (Å²) in [6, 6.07) is 10.6. The Labute approximate surface area is 159 Å². The Morgan fingerprint density at radius 1 is 1.11 bits per heavy atom. The summed E-state index contributed by atoms with van der Waals surface area (Å²) in [5, 5.41) is 5.86. The lowest BCUT2D eigenvalue weighted by atomic mass is 9.95. The Bertz CT molecular complexity index is 801. The SMILES string of the molecule is CCOc1ccccc1NC(=O)c1ccnc(C(=O)NC2CCCCC2)c1. The van der Waals surface area contributed by atoms with Gasteiger partial charge < -0.3 is 15.4 Å². The van der Waals surface area contributed by atoms with Gasteiger partial charge in [0.15, 0.2) is 0 Å². The number of carbonyl (C=O) groups excluding carboxylic acids is 2. The molecule has 2 aromatic rings. The molecule has 1 aliphatic carbocycles. The summed E-state index contributed by atoms with van der Waals surface area (Å²) in [4.78, 5) is 29.2. The fraction of sp³-hybridized carbons (Fsp3) is 0.381. The number of pyridine rings is 1. The van der Waals surface area contributed by atoms with Crippen LogP contribution in [0.2, 0.25) is 0 Å². The minimum atomic E-state index is -0.309. The second-order valence-corrected chi connectivity index (χ2v) is 6.62. The molecule has 1 saturated carbocycles. The summed E-state index contributed by atoms with van der Waals surface area (Å²) in [6.45, 7) is 2.40. The minimum absolute atomic E-state index is 0.198. The van der Waals surface area contributed by atoms with E-state index in [0.29, 0.717) is 23.6 Å². The monoisotopic (exact) mass is 367 g/mol. The summed E-state index contributed by atoms with van der Waals surface area (Å²) < 4.78 is 5.53. The topological polar surface area (TPSA) is 80.3 Å². The fourth-order valence-electron chi connectivity index (χ4n) is 3.25. The van der Waals surface area contributed by atoms with E-state index in [1.54, 1.807) is 18.2 Å². The van der Waals surface area contributed by atoms with E-state index in [0.717, 1.165) is 25.7 Å². The molecule has 0 radical (unpaired) electrons. The van der Waals surface area contributed by atoms with E-state index >= 15 is 0 Å². The quantitative estimate of drug-likeness (QED) is 0.814. The molecule has 0 aliphatic heterocycles. The number of nitrogens with one attached hydrogen (secondary N) is 2. The zero-order chi connectivity index (χ0) is 19.1. The molecule has 3 rings (SSSR count). The molecular formula is C21H25N3O3. The number of hydrogen-bond acceptors (Lipinski definition) is 4. The van der Waals surface area contributed by atoms with Crippen LogP contribution in [0.15, 0.2) is 42.6 Å². The van der Waals surface area contributed by atoms with Gasteiger partial charge in [-0.2, -0.15) is 0 Å². The van der Waals surface area contributed by atoms with Gasteiger partial charge in [0, 0.05) is 17.8 Å². The van der Waals surface area contributed by atoms with E-state index in [1.807, 2.05) is 19.1 Å². The number of anilines is 1. The standard InChI is InChI=1S/C21H25N3O3/c1-2-27-19-11-7-6-10-17(19)24-20(25)15-12-13-22-18(14-15)21(26)23-16-8-4-3-5-9-16/h6-7,10-14,16H,2-5,8-9H2,1H3,(H,23,26)(H,24,25). The second kappa shape index (κ2) is 9.16. The van der Waals surface area contributed by atoms with Crippen molar-refractivity contribution in [1.82, 2.24) is 10.3 Å². The van der Waals surface area contributed by atoms with Gasteiger partial charge in [-0.05, 0) is 44.0 Å². The van der Waals surface area contributed by atoms with Crippen LogP contribution in [0.5, 0.6) is 5.75 Å². The molecule has 0 saturated heterocycles. The van der Waals surface area contributed by atoms with Crippen LogP contribution in [0.25, 0.3) is 0 Å². The van der Waals surface area contributed by atoms with E-state index in [4.69, 9.17) is 4.74 Å². The zero-order valence-corrected chi connectivity index (χ0v) is 15.5. The highest BCUT2D eigenvalue weighted by atomic mass is 16.5. The molecule has 0 bridgehead atoms. The van der Waals surface area contributed by atoms with Crippen molar-refractivity contribution in [3.63, 3.8) is 0 Å². The van der Waals surface area contributed by atoms with E-state index in [-0.39, 0.29) is 23.6 Å². The molecule has 6 nitrogen and oxygen atoms in total. The van der Waals surface area contributed by atoms with Crippen molar-refractivity contribution in [3.05, 3.63) is 53.9 Å². The van der Waals surface area contributed by atoms with Gasteiger partial charge in [-0.15, -0.1) is 0 Å². The predicted molar refractivity (Wildman–Crippen MR) is 104 cm³/mol. The maximum absolute atomic E-state index is 12.6. The number of benzene rings is 1. The van der Waals surface area contributed by atoms with Crippen LogP contribution >= 0.6 is 0 Å². The van der Waals surface area contributed by atoms with Crippen molar-refractivity contribution < 1.29 is 14.3 Å². The largest absolute Gasteiger partial charge is 0.492 e. The molecule has 142 valence electrons. The Balaban J connectivity index is 1.69. The third-order valence-electron chi connectivity index (χ3n) is 4.63. The number of rotatable bonds is 6. The Morgan fingerprint density at radius 3 is 2.67 bits per heavy atom. The Kier molecular flexibility index (Phi) is 6.41. The van der Waals surface area contributed by atoms with Crippen LogP contribution in [-0.4, -0.2) is 29.4 Å². The average molecular weight is 367 g/mol. The summed E-state index contributed by atoms with van der Waals surface area (Å²) >= 11 is 0. The number of carbonyl (C=O) groups is 2. The van der Waals surface area contributed by atoms with Crippen molar-refractivity contribution in [3.8, 4) is 5.75 Å². The second-order valence-electron chi connectivity index (χ2n) is 6.62. The molecule has 2 amide bonds. The van der Waals surface area contributed by atoms with Gasteiger partial charge in [-0.3, -0.25) is 14.6 Å². The van der Waals surface area contributed by atoms with Crippen molar-refractivity contribution in [1.29, 1.82) is 0 Å². The summed E-state index contributed by atoms with van der Waals surface area (Å²) in [6.07, 6.45) is 6.99. The number of aromatic nitrogens is 1. The van der Waals surface area contributed by atoms with E-state index in [1.165, 1.54) is 18.7 Å². The van der Waals surface area contributed by atoms with Gasteiger partial charge in [-0.1, -0.05) is 31.4 Å². The molecule has 27 heavy (non-hydrogen) atoms. The first-order chi connectivity index (χ1) is 13.2. The third kappa shape index (κ3) is 5.06. The first kappa shape index (κ1) is 18.9. The zero-order valence-electron chi connectivity index (χ0n) is 15.5. The molecule has 0 spiro atoms. The van der Waals surface area contributed by atoms with Crippen molar-refractivity contribution >= 4 is 17.5 Å². The number of para-hydroxylation sites is 2. The summed E-state index contributed by atoms with van der Waals surface area (Å²) in [5.74, 6) is 0.0696. The Morgan fingerprint density at radius 2 is 1.89 bits per heavy atom. The van der Waals surface area contributed by atoms with E-state index in [2.05, 4.69) is 15.6 Å². The molecule has 2 N–H and O–H groups in total. The van der Waals surface area contributed by atoms with E-state index < -0.39 is 0 Å². The highest BCUT2D eigenvalue weighted by molar-refractivity contribution is 6.06. The maximum Gasteiger partial charge on any atom is 0.270 e. The van der Waals surface area contributed by atoms with Gasteiger partial charge in [0.2, 0.25) is 0 Å². The lowest BCUT2D eigenvalue weighted by molar-refractivity contribution is 0.0922. The van der Waals surface area contributed by atoms with Gasteiger partial charge in [-0.25, -0.2) is 0 Å². The van der Waals surface area contributed by atoms with Crippen molar-refractivity contribution in [2.75, 3.05) is 11.9 Å². The molecule has 1 aromatic carbocycles. The number of hydrogen-bond donors (Lipinski definition) is 2. The first-order valence-electron chi connectivity index (χ1n) is 9.47. The molecule has 0 unspecified atom stereocenters. The van der Waals surface area contributed by atoms with Gasteiger partial charge in [0.05, 0.1) is 12.3 Å². The van der Waals surface area contributed by atoms with Gasteiger partial charge in [0.25, 0.3) is 11.8 Å². The van der Waals surface area contributed by atoms with Crippen LogP contribution in [0.3, 0.4) is 0 Å². The van der Waals surface area contributed by atoms with E-state index in [9.17, 15) is 9.59 Å². The fourth-order valence-corrected chi connectivity index (χ4v) is 3.25. The number of ether oxygens (including phenoxy) is 1. The van der Waals surface area contributed by atoms with Crippen molar-refractivity contribution in [2.24, 2.45) is 0 Å².